The van der Waals surface area contributed by atoms with Gasteiger partial charge in [-0.3, -0.25) is 0 Å². The predicted octanol–water partition coefficient (Wildman–Crippen LogP) is 2.20. The summed E-state index contributed by atoms with van der Waals surface area (Å²) in [5.74, 6) is 0.812. The van der Waals surface area contributed by atoms with Crippen LogP contribution in [-0.2, 0) is 5.54 Å². The SMILES string of the molecule is Cc1cccc(-n2nnnc2C(C)(C)NC(C)C)c1. The number of tetrazole rings is 1. The second-order valence-corrected chi connectivity index (χ2v) is 5.68. The first kappa shape index (κ1) is 13.7. The highest BCUT2D eigenvalue weighted by atomic mass is 15.6. The topological polar surface area (TPSA) is 55.6 Å². The highest BCUT2D eigenvalue weighted by Gasteiger charge is 2.28. The average molecular weight is 259 g/mol. The van der Waals surface area contributed by atoms with Crippen molar-refractivity contribution in [1.29, 1.82) is 0 Å². The van der Waals surface area contributed by atoms with E-state index in [0.717, 1.165) is 11.5 Å². The molecule has 2 aromatic rings. The number of nitrogens with one attached hydrogen (secondary N) is 1. The molecule has 0 saturated heterocycles. The van der Waals surface area contributed by atoms with Crippen molar-refractivity contribution in [2.45, 2.75) is 46.2 Å². The lowest BCUT2D eigenvalue weighted by Crippen LogP contribution is -2.43. The molecule has 0 bridgehead atoms. The summed E-state index contributed by atoms with van der Waals surface area (Å²) in [4.78, 5) is 0. The van der Waals surface area contributed by atoms with Crippen LogP contribution >= 0.6 is 0 Å². The summed E-state index contributed by atoms with van der Waals surface area (Å²) in [6.07, 6.45) is 0. The molecule has 2 rings (SSSR count). The minimum atomic E-state index is -0.290. The Labute approximate surface area is 114 Å². The molecule has 0 amide bonds. The van der Waals surface area contributed by atoms with E-state index in [1.54, 1.807) is 4.68 Å². The quantitative estimate of drug-likeness (QED) is 0.914. The third-order valence-electron chi connectivity index (χ3n) is 2.92. The summed E-state index contributed by atoms with van der Waals surface area (Å²) >= 11 is 0. The van der Waals surface area contributed by atoms with E-state index in [1.807, 2.05) is 12.1 Å². The zero-order valence-corrected chi connectivity index (χ0v) is 12.2. The van der Waals surface area contributed by atoms with E-state index >= 15 is 0 Å². The zero-order valence-electron chi connectivity index (χ0n) is 12.2. The molecule has 1 aromatic heterocycles. The van der Waals surface area contributed by atoms with Gasteiger partial charge in [-0.05, 0) is 62.7 Å². The average Bonchev–Trinajstić information content (AvgIpc) is 2.76. The van der Waals surface area contributed by atoms with Gasteiger partial charge in [0.15, 0.2) is 5.82 Å². The molecule has 5 heteroatoms. The Kier molecular flexibility index (Phi) is 3.66. The van der Waals surface area contributed by atoms with Crippen molar-refractivity contribution < 1.29 is 0 Å². The molecule has 1 N–H and O–H groups in total. The molecule has 1 heterocycles. The minimum Gasteiger partial charge on any atom is -0.303 e. The van der Waals surface area contributed by atoms with Gasteiger partial charge >= 0.3 is 0 Å². The van der Waals surface area contributed by atoms with Crippen LogP contribution in [0.3, 0.4) is 0 Å². The van der Waals surface area contributed by atoms with E-state index in [4.69, 9.17) is 0 Å². The third-order valence-corrected chi connectivity index (χ3v) is 2.92. The zero-order chi connectivity index (χ0) is 14.0. The summed E-state index contributed by atoms with van der Waals surface area (Å²) in [6, 6.07) is 8.52. The number of nitrogens with zero attached hydrogens (tertiary/aromatic N) is 4. The Morgan fingerprint density at radius 3 is 2.63 bits per heavy atom. The van der Waals surface area contributed by atoms with Crippen molar-refractivity contribution in [1.82, 2.24) is 25.5 Å². The van der Waals surface area contributed by atoms with Crippen LogP contribution in [0.4, 0.5) is 0 Å². The van der Waals surface area contributed by atoms with E-state index < -0.39 is 0 Å². The van der Waals surface area contributed by atoms with Crippen molar-refractivity contribution in [2.75, 3.05) is 0 Å². The lowest BCUT2D eigenvalue weighted by Gasteiger charge is -2.27. The van der Waals surface area contributed by atoms with Gasteiger partial charge in [0.2, 0.25) is 0 Å². The Balaban J connectivity index is 2.43. The first-order valence-corrected chi connectivity index (χ1v) is 6.54. The Morgan fingerprint density at radius 2 is 2.00 bits per heavy atom. The molecule has 0 aliphatic rings. The Hall–Kier alpha value is -1.75. The molecular weight excluding hydrogens is 238 g/mol. The minimum absolute atomic E-state index is 0.290. The maximum Gasteiger partial charge on any atom is 0.176 e. The molecule has 1 aromatic carbocycles. The van der Waals surface area contributed by atoms with Crippen LogP contribution in [0.5, 0.6) is 0 Å². The van der Waals surface area contributed by atoms with E-state index in [9.17, 15) is 0 Å². The maximum absolute atomic E-state index is 4.19. The van der Waals surface area contributed by atoms with Crippen molar-refractivity contribution in [3.63, 3.8) is 0 Å². The number of aryl methyl sites for hydroxylation is 1. The maximum atomic E-state index is 4.19. The van der Waals surface area contributed by atoms with Gasteiger partial charge in [0.25, 0.3) is 0 Å². The van der Waals surface area contributed by atoms with E-state index in [0.29, 0.717) is 6.04 Å². The van der Waals surface area contributed by atoms with Gasteiger partial charge in [-0.2, -0.15) is 4.68 Å². The van der Waals surface area contributed by atoms with E-state index in [1.165, 1.54) is 5.56 Å². The van der Waals surface area contributed by atoms with Crippen molar-refractivity contribution >= 4 is 0 Å². The standard InChI is InChI=1S/C14H21N5/c1-10(2)15-14(4,5)13-16-17-18-19(13)12-8-6-7-11(3)9-12/h6-10,15H,1-5H3. The highest BCUT2D eigenvalue weighted by Crippen LogP contribution is 2.20. The fourth-order valence-electron chi connectivity index (χ4n) is 2.30. The molecule has 0 spiro atoms. The van der Waals surface area contributed by atoms with Crippen LogP contribution in [0.25, 0.3) is 5.69 Å². The van der Waals surface area contributed by atoms with Crippen LogP contribution in [0.15, 0.2) is 24.3 Å². The molecule has 0 unspecified atom stereocenters. The fourth-order valence-corrected chi connectivity index (χ4v) is 2.30. The Bertz CT molecular complexity index is 556. The van der Waals surface area contributed by atoms with E-state index in [-0.39, 0.29) is 5.54 Å². The number of aromatic nitrogens is 4. The smallest absolute Gasteiger partial charge is 0.176 e. The molecule has 0 saturated carbocycles. The highest BCUT2D eigenvalue weighted by molar-refractivity contribution is 5.35. The number of benzene rings is 1. The summed E-state index contributed by atoms with van der Waals surface area (Å²) in [7, 11) is 0. The first-order valence-electron chi connectivity index (χ1n) is 6.54. The summed E-state index contributed by atoms with van der Waals surface area (Å²) in [5.41, 5.74) is 1.88. The largest absolute Gasteiger partial charge is 0.303 e. The molecule has 0 aliphatic carbocycles. The third kappa shape index (κ3) is 2.98. The molecule has 0 atom stereocenters. The normalized spacial score (nSPS) is 12.1. The van der Waals surface area contributed by atoms with Gasteiger partial charge in [0.1, 0.15) is 0 Å². The Morgan fingerprint density at radius 1 is 1.26 bits per heavy atom. The van der Waals surface area contributed by atoms with Crippen LogP contribution in [0, 0.1) is 6.92 Å². The predicted molar refractivity (Wildman–Crippen MR) is 75.2 cm³/mol. The van der Waals surface area contributed by atoms with Crippen LogP contribution in [0.1, 0.15) is 39.1 Å². The van der Waals surface area contributed by atoms with Gasteiger partial charge < -0.3 is 5.32 Å². The van der Waals surface area contributed by atoms with Gasteiger partial charge in [-0.15, -0.1) is 5.10 Å². The molecule has 102 valence electrons. The first-order chi connectivity index (χ1) is 8.90. The van der Waals surface area contributed by atoms with Crippen LogP contribution < -0.4 is 5.32 Å². The van der Waals surface area contributed by atoms with Crippen molar-refractivity contribution in [2.24, 2.45) is 0 Å². The molecule has 0 fully saturated rings. The molecular formula is C14H21N5. The summed E-state index contributed by atoms with van der Waals surface area (Å²) < 4.78 is 1.79. The van der Waals surface area contributed by atoms with Crippen molar-refractivity contribution in [3.8, 4) is 5.69 Å². The van der Waals surface area contributed by atoms with Gasteiger partial charge in [-0.25, -0.2) is 0 Å². The summed E-state index contributed by atoms with van der Waals surface area (Å²) in [6.45, 7) is 10.5. The lowest BCUT2D eigenvalue weighted by atomic mass is 10.0. The number of hydrogen-bond donors (Lipinski definition) is 1. The van der Waals surface area contributed by atoms with Crippen molar-refractivity contribution in [3.05, 3.63) is 35.7 Å². The van der Waals surface area contributed by atoms with Gasteiger partial charge in [0.05, 0.1) is 11.2 Å². The van der Waals surface area contributed by atoms with E-state index in [2.05, 4.69) is 67.6 Å². The number of hydrogen-bond acceptors (Lipinski definition) is 4. The van der Waals surface area contributed by atoms with Gasteiger partial charge in [-0.1, -0.05) is 12.1 Å². The summed E-state index contributed by atoms with van der Waals surface area (Å²) in [5, 5.41) is 15.6. The number of rotatable bonds is 4. The van der Waals surface area contributed by atoms with Crippen LogP contribution in [-0.4, -0.2) is 26.2 Å². The lowest BCUT2D eigenvalue weighted by molar-refractivity contribution is 0.340. The van der Waals surface area contributed by atoms with Gasteiger partial charge in [0, 0.05) is 6.04 Å². The second kappa shape index (κ2) is 5.09. The second-order valence-electron chi connectivity index (χ2n) is 5.68. The van der Waals surface area contributed by atoms with Crippen LogP contribution in [0.2, 0.25) is 0 Å². The monoisotopic (exact) mass is 259 g/mol. The molecule has 0 aliphatic heterocycles. The molecule has 5 nitrogen and oxygen atoms in total. The molecule has 19 heavy (non-hydrogen) atoms. The fraction of sp³-hybridized carbons (Fsp3) is 0.500. The molecule has 0 radical (unpaired) electrons.